The average molecular weight is 531 g/mol. The molecule has 0 spiro atoms. The van der Waals surface area contributed by atoms with Crippen molar-refractivity contribution in [2.75, 3.05) is 11.5 Å². The maximum atomic E-state index is 13.1. The minimum Gasteiger partial charge on any atom is -0.397 e. The van der Waals surface area contributed by atoms with Gasteiger partial charge >= 0.3 is 0 Å². The number of nitrogens with two attached hydrogens (primary N) is 2. The highest BCUT2D eigenvalue weighted by molar-refractivity contribution is 14.1. The summed E-state index contributed by atoms with van der Waals surface area (Å²) in [7, 11) is 0. The quantitative estimate of drug-likeness (QED) is 0.269. The molecule has 2 aromatic carbocycles. The molecule has 4 N–H and O–H groups in total. The Balaban J connectivity index is 2.03. The number of nitrogens with zero attached hydrogens (tertiary/aromatic N) is 2. The monoisotopic (exact) mass is 530 g/mol. The lowest BCUT2D eigenvalue weighted by Crippen LogP contribution is -2.03. The van der Waals surface area contributed by atoms with Crippen LogP contribution in [-0.4, -0.2) is 10.8 Å². The van der Waals surface area contributed by atoms with Crippen molar-refractivity contribution in [3.8, 4) is 17.2 Å². The van der Waals surface area contributed by atoms with Crippen molar-refractivity contribution in [2.45, 2.75) is 0 Å². The topological polar surface area (TPSA) is 106 Å². The predicted octanol–water partition coefficient (Wildman–Crippen LogP) is 5.49. The molecule has 2 aromatic heterocycles. The standard InChI is InChI=1S/C21H12ClIN4OS/c22-14-4-2-1-3-12(14)15-13(9-24)20(26)27-21-16(15)17(25)19(29-21)18(28)10-5-7-11(23)8-6-10/h1-8H,25H2,(H2,26,27). The molecular formula is C21H12ClIN4OS. The maximum absolute atomic E-state index is 13.1. The fraction of sp³-hybridized carbons (Fsp3) is 0. The molecule has 0 amide bonds. The van der Waals surface area contributed by atoms with E-state index in [1.807, 2.05) is 18.2 Å². The third-order valence-electron chi connectivity index (χ3n) is 4.47. The van der Waals surface area contributed by atoms with E-state index in [-0.39, 0.29) is 22.9 Å². The number of pyridine rings is 1. The van der Waals surface area contributed by atoms with Crippen LogP contribution in [0.2, 0.25) is 5.02 Å². The maximum Gasteiger partial charge on any atom is 0.205 e. The summed E-state index contributed by atoms with van der Waals surface area (Å²) in [6.07, 6.45) is 0. The van der Waals surface area contributed by atoms with Crippen LogP contribution in [0.15, 0.2) is 48.5 Å². The molecule has 5 nitrogen and oxygen atoms in total. The molecule has 2 heterocycles. The van der Waals surface area contributed by atoms with Gasteiger partial charge in [0.2, 0.25) is 5.78 Å². The van der Waals surface area contributed by atoms with Crippen LogP contribution in [0.5, 0.6) is 0 Å². The second kappa shape index (κ2) is 7.63. The Labute approximate surface area is 189 Å². The number of benzene rings is 2. The molecule has 0 unspecified atom stereocenters. The van der Waals surface area contributed by atoms with E-state index in [4.69, 9.17) is 23.1 Å². The zero-order valence-corrected chi connectivity index (χ0v) is 18.5. The van der Waals surface area contributed by atoms with Gasteiger partial charge in [0.15, 0.2) is 0 Å². The van der Waals surface area contributed by atoms with E-state index in [0.29, 0.717) is 36.8 Å². The number of fused-ring (bicyclic) bond motifs is 1. The summed E-state index contributed by atoms with van der Waals surface area (Å²) in [5.74, 6) is -0.131. The first-order valence-corrected chi connectivity index (χ1v) is 10.7. The molecule has 0 aliphatic rings. The molecule has 0 fully saturated rings. The highest BCUT2D eigenvalue weighted by Gasteiger charge is 2.25. The molecule has 142 valence electrons. The third kappa shape index (κ3) is 3.33. The van der Waals surface area contributed by atoms with Crippen molar-refractivity contribution in [3.05, 3.63) is 73.1 Å². The molecule has 8 heteroatoms. The summed E-state index contributed by atoms with van der Waals surface area (Å²) >= 11 is 9.73. The average Bonchev–Trinajstić information content (AvgIpc) is 3.03. The van der Waals surface area contributed by atoms with Gasteiger partial charge in [-0.1, -0.05) is 29.8 Å². The lowest BCUT2D eigenvalue weighted by atomic mass is 9.96. The number of nitrogen functional groups attached to an aromatic ring is 2. The Morgan fingerprint density at radius 1 is 1.14 bits per heavy atom. The number of hydrogen-bond acceptors (Lipinski definition) is 6. The molecule has 0 radical (unpaired) electrons. The van der Waals surface area contributed by atoms with E-state index in [9.17, 15) is 10.1 Å². The van der Waals surface area contributed by atoms with E-state index < -0.39 is 0 Å². The Morgan fingerprint density at radius 3 is 2.48 bits per heavy atom. The van der Waals surface area contributed by atoms with Crippen LogP contribution >= 0.6 is 45.5 Å². The molecule has 0 saturated carbocycles. The summed E-state index contributed by atoms with van der Waals surface area (Å²) in [5.41, 5.74) is 14.6. The first-order chi connectivity index (χ1) is 13.9. The molecule has 0 saturated heterocycles. The minimum atomic E-state index is -0.205. The SMILES string of the molecule is N#Cc1c(N)nc2sc(C(=O)c3ccc(I)cc3)c(N)c2c1-c1ccccc1Cl. The van der Waals surface area contributed by atoms with Crippen molar-refractivity contribution in [3.63, 3.8) is 0 Å². The number of rotatable bonds is 3. The van der Waals surface area contributed by atoms with Gasteiger partial charge in [-0.05, 0) is 52.9 Å². The van der Waals surface area contributed by atoms with Gasteiger partial charge in [-0.25, -0.2) is 4.98 Å². The highest BCUT2D eigenvalue weighted by atomic mass is 127. The van der Waals surface area contributed by atoms with Gasteiger partial charge in [-0.15, -0.1) is 11.3 Å². The van der Waals surface area contributed by atoms with Crippen LogP contribution in [0, 0.1) is 14.9 Å². The van der Waals surface area contributed by atoms with Gasteiger partial charge in [-0.2, -0.15) is 5.26 Å². The van der Waals surface area contributed by atoms with Crippen molar-refractivity contribution >= 4 is 73.0 Å². The zero-order chi connectivity index (χ0) is 20.7. The number of anilines is 2. The molecule has 4 aromatic rings. The number of carbonyl (C=O) groups is 1. The third-order valence-corrected chi connectivity index (χ3v) is 6.62. The molecule has 4 rings (SSSR count). The van der Waals surface area contributed by atoms with Gasteiger partial charge in [0.05, 0.1) is 5.69 Å². The fourth-order valence-electron chi connectivity index (χ4n) is 3.12. The van der Waals surface area contributed by atoms with Crippen molar-refractivity contribution in [1.29, 1.82) is 5.26 Å². The zero-order valence-electron chi connectivity index (χ0n) is 14.7. The van der Waals surface area contributed by atoms with Gasteiger partial charge < -0.3 is 11.5 Å². The summed E-state index contributed by atoms with van der Waals surface area (Å²) in [5, 5.41) is 10.7. The summed E-state index contributed by atoms with van der Waals surface area (Å²) in [6.45, 7) is 0. The number of halogens is 2. The number of carbonyl (C=O) groups excluding carboxylic acids is 1. The van der Waals surface area contributed by atoms with E-state index in [2.05, 4.69) is 33.6 Å². The van der Waals surface area contributed by atoms with Gasteiger partial charge in [0.25, 0.3) is 0 Å². The van der Waals surface area contributed by atoms with Crippen molar-refractivity contribution < 1.29 is 4.79 Å². The fourth-order valence-corrected chi connectivity index (χ4v) is 4.78. The number of aromatic nitrogens is 1. The van der Waals surface area contributed by atoms with Crippen LogP contribution in [0.3, 0.4) is 0 Å². The molecule has 0 aliphatic carbocycles. The van der Waals surface area contributed by atoms with Gasteiger partial charge in [-0.3, -0.25) is 4.79 Å². The van der Waals surface area contributed by atoms with Crippen LogP contribution in [0.25, 0.3) is 21.3 Å². The number of hydrogen-bond donors (Lipinski definition) is 2. The Bertz CT molecular complexity index is 1330. The minimum absolute atomic E-state index is 0.0735. The first-order valence-electron chi connectivity index (χ1n) is 8.39. The Morgan fingerprint density at radius 2 is 1.83 bits per heavy atom. The van der Waals surface area contributed by atoms with E-state index in [1.54, 1.807) is 30.3 Å². The number of thiophene rings is 1. The van der Waals surface area contributed by atoms with Crippen LogP contribution in [0.1, 0.15) is 20.8 Å². The number of nitriles is 1. The molecule has 0 aliphatic heterocycles. The molecule has 0 atom stereocenters. The van der Waals surface area contributed by atoms with E-state index in [1.165, 1.54) is 0 Å². The normalized spacial score (nSPS) is 10.8. The van der Waals surface area contributed by atoms with Gasteiger partial charge in [0, 0.05) is 30.7 Å². The van der Waals surface area contributed by atoms with Crippen LogP contribution in [-0.2, 0) is 0 Å². The van der Waals surface area contributed by atoms with Crippen molar-refractivity contribution in [2.24, 2.45) is 0 Å². The second-order valence-corrected chi connectivity index (χ2v) is 8.85. The van der Waals surface area contributed by atoms with E-state index in [0.717, 1.165) is 14.9 Å². The van der Waals surface area contributed by atoms with Crippen LogP contribution < -0.4 is 11.5 Å². The summed E-state index contributed by atoms with van der Waals surface area (Å²) < 4.78 is 1.03. The lowest BCUT2D eigenvalue weighted by Gasteiger charge is -2.11. The Hall–Kier alpha value is -2.67. The number of ketones is 1. The first kappa shape index (κ1) is 19.6. The molecule has 0 bridgehead atoms. The molecule has 29 heavy (non-hydrogen) atoms. The molecular weight excluding hydrogens is 519 g/mol. The largest absolute Gasteiger partial charge is 0.397 e. The van der Waals surface area contributed by atoms with Crippen LogP contribution in [0.4, 0.5) is 11.5 Å². The predicted molar refractivity (Wildman–Crippen MR) is 126 cm³/mol. The van der Waals surface area contributed by atoms with Crippen molar-refractivity contribution in [1.82, 2.24) is 4.98 Å². The lowest BCUT2D eigenvalue weighted by molar-refractivity contribution is 0.104. The second-order valence-electron chi connectivity index (χ2n) is 6.20. The summed E-state index contributed by atoms with van der Waals surface area (Å²) in [6, 6.07) is 16.4. The highest BCUT2D eigenvalue weighted by Crippen LogP contribution is 2.44. The van der Waals surface area contributed by atoms with Gasteiger partial charge in [0.1, 0.15) is 27.2 Å². The summed E-state index contributed by atoms with van der Waals surface area (Å²) in [4.78, 5) is 18.3. The smallest absolute Gasteiger partial charge is 0.205 e. The van der Waals surface area contributed by atoms with E-state index >= 15 is 0 Å². The Kier molecular flexibility index (Phi) is 5.17.